The van der Waals surface area contributed by atoms with Crippen molar-refractivity contribution in [2.45, 2.75) is 12.8 Å². The monoisotopic (exact) mass is 407 g/mol. The van der Waals surface area contributed by atoms with Gasteiger partial charge in [0.15, 0.2) is 0 Å². The average molecular weight is 408 g/mol. The Labute approximate surface area is 164 Å². The maximum Gasteiger partial charge on any atom is 0.303 e. The van der Waals surface area contributed by atoms with E-state index in [-0.39, 0.29) is 18.9 Å². The number of carbonyl (C=O) groups excluding carboxylic acids is 1. The van der Waals surface area contributed by atoms with Crippen molar-refractivity contribution in [3.05, 3.63) is 52.1 Å². The van der Waals surface area contributed by atoms with Crippen molar-refractivity contribution in [2.75, 3.05) is 6.54 Å². The molecule has 1 saturated heterocycles. The van der Waals surface area contributed by atoms with Gasteiger partial charge in [0.1, 0.15) is 15.8 Å². The van der Waals surface area contributed by atoms with Gasteiger partial charge in [0.2, 0.25) is 0 Å². The van der Waals surface area contributed by atoms with Crippen LogP contribution in [0.25, 0.3) is 17.4 Å². The van der Waals surface area contributed by atoms with E-state index < -0.39 is 5.97 Å². The van der Waals surface area contributed by atoms with E-state index in [1.54, 1.807) is 24.3 Å². The molecule has 5 nitrogen and oxygen atoms in total. The number of carboxylic acid groups (broad SMARTS) is 1. The number of carbonyl (C=O) groups is 2. The fourth-order valence-corrected chi connectivity index (χ4v) is 3.96. The summed E-state index contributed by atoms with van der Waals surface area (Å²) < 4.78 is 6.20. The summed E-state index contributed by atoms with van der Waals surface area (Å²) in [4.78, 5) is 24.9. The molecule has 26 heavy (non-hydrogen) atoms. The minimum absolute atomic E-state index is 0.00448. The van der Waals surface area contributed by atoms with Crippen LogP contribution in [0.5, 0.6) is 0 Å². The Balaban J connectivity index is 1.75. The molecule has 134 valence electrons. The molecule has 0 bridgehead atoms. The second-order valence-corrected chi connectivity index (χ2v) is 7.60. The van der Waals surface area contributed by atoms with Gasteiger partial charge in [0.25, 0.3) is 5.91 Å². The lowest BCUT2D eigenvalue weighted by molar-refractivity contribution is -0.137. The van der Waals surface area contributed by atoms with E-state index in [1.807, 2.05) is 18.2 Å². The number of hydrogen-bond acceptors (Lipinski definition) is 5. The van der Waals surface area contributed by atoms with Gasteiger partial charge in [-0.15, -0.1) is 0 Å². The van der Waals surface area contributed by atoms with Crippen molar-refractivity contribution in [3.8, 4) is 11.3 Å². The molecule has 0 saturated carbocycles. The van der Waals surface area contributed by atoms with Crippen LogP contribution in [-0.2, 0) is 9.59 Å². The summed E-state index contributed by atoms with van der Waals surface area (Å²) in [6.45, 7) is 0.289. The summed E-state index contributed by atoms with van der Waals surface area (Å²) in [5.74, 6) is -0.000467. The molecular weight excluding hydrogens is 394 g/mol. The van der Waals surface area contributed by atoms with Crippen molar-refractivity contribution >= 4 is 57.9 Å². The number of furan rings is 1. The van der Waals surface area contributed by atoms with Gasteiger partial charge >= 0.3 is 5.97 Å². The molecule has 1 aliphatic rings. The molecule has 2 heterocycles. The molecule has 1 aromatic heterocycles. The topological polar surface area (TPSA) is 70.8 Å². The standard InChI is InChI=1S/C18H14ClNO4S2/c19-13-5-2-1-4-12(13)14-8-7-11(24-14)10-15-17(23)20(18(25)26-15)9-3-6-16(21)22/h1-2,4-5,7-8,10H,3,6,9H2,(H,21,22)/b15-10+. The quantitative estimate of drug-likeness (QED) is 0.554. The molecular formula is C18H14ClNO4S2. The lowest BCUT2D eigenvalue weighted by Crippen LogP contribution is -2.29. The summed E-state index contributed by atoms with van der Waals surface area (Å²) in [7, 11) is 0. The third-order valence-corrected chi connectivity index (χ3v) is 5.39. The van der Waals surface area contributed by atoms with E-state index in [4.69, 9.17) is 33.3 Å². The molecule has 3 rings (SSSR count). The predicted molar refractivity (Wildman–Crippen MR) is 106 cm³/mol. The number of benzene rings is 1. The molecule has 1 N–H and O–H groups in total. The van der Waals surface area contributed by atoms with Gasteiger partial charge in [-0.05, 0) is 30.7 Å². The van der Waals surface area contributed by atoms with E-state index in [0.717, 1.165) is 5.56 Å². The minimum Gasteiger partial charge on any atom is -0.481 e. The first-order valence-electron chi connectivity index (χ1n) is 7.77. The lowest BCUT2D eigenvalue weighted by atomic mass is 10.2. The number of aliphatic carboxylic acids is 1. The number of thioether (sulfide) groups is 1. The van der Waals surface area contributed by atoms with Crippen molar-refractivity contribution in [1.29, 1.82) is 0 Å². The normalized spacial score (nSPS) is 15.9. The van der Waals surface area contributed by atoms with Crippen LogP contribution < -0.4 is 0 Å². The van der Waals surface area contributed by atoms with Crippen LogP contribution in [0, 0.1) is 0 Å². The summed E-state index contributed by atoms with van der Waals surface area (Å²) in [5.41, 5.74) is 0.773. The van der Waals surface area contributed by atoms with Gasteiger partial charge in [-0.2, -0.15) is 0 Å². The number of rotatable bonds is 6. The molecule has 0 aliphatic carbocycles. The largest absolute Gasteiger partial charge is 0.481 e. The van der Waals surface area contributed by atoms with E-state index >= 15 is 0 Å². The van der Waals surface area contributed by atoms with Crippen molar-refractivity contribution in [2.24, 2.45) is 0 Å². The Morgan fingerprint density at radius 1 is 1.31 bits per heavy atom. The van der Waals surface area contributed by atoms with Crippen LogP contribution in [0.3, 0.4) is 0 Å². The number of thiocarbonyl (C=S) groups is 1. The van der Waals surface area contributed by atoms with Gasteiger partial charge in [-0.1, -0.05) is 47.7 Å². The summed E-state index contributed by atoms with van der Waals surface area (Å²) >= 11 is 12.6. The molecule has 8 heteroatoms. The summed E-state index contributed by atoms with van der Waals surface area (Å²) in [6, 6.07) is 10.9. The smallest absolute Gasteiger partial charge is 0.303 e. The molecule has 0 unspecified atom stereocenters. The number of amides is 1. The zero-order valence-corrected chi connectivity index (χ0v) is 15.9. The first-order valence-corrected chi connectivity index (χ1v) is 9.38. The van der Waals surface area contributed by atoms with E-state index in [1.165, 1.54) is 16.7 Å². The van der Waals surface area contributed by atoms with Crippen molar-refractivity contribution in [1.82, 2.24) is 4.90 Å². The molecule has 1 fully saturated rings. The zero-order chi connectivity index (χ0) is 18.7. The SMILES string of the molecule is O=C(O)CCCN1C(=O)/C(=C\c2ccc(-c3ccccc3Cl)o2)SC1=S. The molecule has 0 spiro atoms. The average Bonchev–Trinajstić information content (AvgIpc) is 3.15. The van der Waals surface area contributed by atoms with Gasteiger partial charge in [-0.25, -0.2) is 0 Å². The lowest BCUT2D eigenvalue weighted by Gasteiger charge is -2.13. The first-order chi connectivity index (χ1) is 12.5. The van der Waals surface area contributed by atoms with Gasteiger partial charge < -0.3 is 9.52 Å². The van der Waals surface area contributed by atoms with Crippen molar-refractivity contribution in [3.63, 3.8) is 0 Å². The molecule has 2 aromatic rings. The van der Waals surface area contributed by atoms with E-state index in [0.29, 0.717) is 32.2 Å². The van der Waals surface area contributed by atoms with Gasteiger partial charge in [0, 0.05) is 24.6 Å². The highest BCUT2D eigenvalue weighted by Gasteiger charge is 2.31. The Kier molecular flexibility index (Phi) is 5.80. The van der Waals surface area contributed by atoms with Crippen LogP contribution in [0.2, 0.25) is 5.02 Å². The van der Waals surface area contributed by atoms with Crippen LogP contribution >= 0.6 is 35.6 Å². The Bertz CT molecular complexity index is 906. The number of nitrogens with zero attached hydrogens (tertiary/aromatic N) is 1. The van der Waals surface area contributed by atoms with Crippen LogP contribution in [0.1, 0.15) is 18.6 Å². The highest BCUT2D eigenvalue weighted by molar-refractivity contribution is 8.26. The predicted octanol–water partition coefficient (Wildman–Crippen LogP) is 4.67. The van der Waals surface area contributed by atoms with Gasteiger partial charge in [0.05, 0.1) is 9.93 Å². The van der Waals surface area contributed by atoms with Crippen molar-refractivity contribution < 1.29 is 19.1 Å². The zero-order valence-electron chi connectivity index (χ0n) is 13.5. The van der Waals surface area contributed by atoms with E-state index in [9.17, 15) is 9.59 Å². The van der Waals surface area contributed by atoms with Crippen LogP contribution in [-0.4, -0.2) is 32.7 Å². The third kappa shape index (κ3) is 4.17. The van der Waals surface area contributed by atoms with Gasteiger partial charge in [-0.3, -0.25) is 14.5 Å². The van der Waals surface area contributed by atoms with E-state index in [2.05, 4.69) is 0 Å². The highest BCUT2D eigenvalue weighted by atomic mass is 35.5. The Hall–Kier alpha value is -2.09. The Morgan fingerprint density at radius 3 is 2.81 bits per heavy atom. The minimum atomic E-state index is -0.895. The number of carboxylic acids is 1. The first kappa shape index (κ1) is 18.7. The van der Waals surface area contributed by atoms with Crippen LogP contribution in [0.15, 0.2) is 45.7 Å². The van der Waals surface area contributed by atoms with Crippen LogP contribution in [0.4, 0.5) is 0 Å². The Morgan fingerprint density at radius 2 is 2.08 bits per heavy atom. The maximum atomic E-state index is 12.5. The molecule has 0 atom stereocenters. The highest BCUT2D eigenvalue weighted by Crippen LogP contribution is 2.34. The summed E-state index contributed by atoms with van der Waals surface area (Å²) in [6.07, 6.45) is 1.98. The number of hydrogen-bond donors (Lipinski definition) is 1. The fraction of sp³-hybridized carbons (Fsp3) is 0.167. The maximum absolute atomic E-state index is 12.5. The third-order valence-electron chi connectivity index (χ3n) is 3.69. The summed E-state index contributed by atoms with van der Waals surface area (Å²) in [5, 5.41) is 9.29. The molecule has 1 amide bonds. The number of halogens is 1. The fourth-order valence-electron chi connectivity index (χ4n) is 2.45. The molecule has 0 radical (unpaired) electrons. The molecule has 1 aromatic carbocycles. The second-order valence-electron chi connectivity index (χ2n) is 5.51. The second kappa shape index (κ2) is 8.07. The molecule has 1 aliphatic heterocycles.